The highest BCUT2D eigenvalue weighted by atomic mass is 16.7. The predicted molar refractivity (Wildman–Crippen MR) is 41.3 cm³/mol. The van der Waals surface area contributed by atoms with Crippen LogP contribution in [-0.4, -0.2) is 24.9 Å². The number of hydrogen-bond donors (Lipinski definition) is 0. The molecule has 0 aromatic heterocycles. The number of rotatable bonds is 4. The molecule has 0 amide bonds. The highest BCUT2D eigenvalue weighted by Crippen LogP contribution is 1.83. The van der Waals surface area contributed by atoms with Crippen molar-refractivity contribution in [2.45, 2.75) is 13.8 Å². The van der Waals surface area contributed by atoms with Crippen LogP contribution in [0.5, 0.6) is 0 Å². The maximum absolute atomic E-state index is 10.6. The van der Waals surface area contributed by atoms with Crippen LogP contribution < -0.4 is 0 Å². The summed E-state index contributed by atoms with van der Waals surface area (Å²) in [7, 11) is 0. The molecule has 66 valence electrons. The maximum atomic E-state index is 10.6. The fourth-order valence-corrected chi connectivity index (χ4v) is 0.405. The van der Waals surface area contributed by atoms with Gasteiger partial charge in [0.2, 0.25) is 6.61 Å². The minimum Gasteiger partial charge on any atom is -0.463 e. The molecule has 0 N–H and O–H groups in total. The largest absolute Gasteiger partial charge is 0.463 e. The van der Waals surface area contributed by atoms with Crippen molar-refractivity contribution in [3.8, 4) is 6.07 Å². The average Bonchev–Trinajstić information content (AvgIpc) is 2.04. The SMILES string of the molecule is CCOC(=O)CON=C(C)C#N. The van der Waals surface area contributed by atoms with E-state index in [0.717, 1.165) is 0 Å². The van der Waals surface area contributed by atoms with E-state index in [1.54, 1.807) is 13.0 Å². The van der Waals surface area contributed by atoms with Crippen LogP contribution in [0.4, 0.5) is 0 Å². The number of esters is 1. The van der Waals surface area contributed by atoms with Crippen LogP contribution in [0.25, 0.3) is 0 Å². The number of oxime groups is 1. The van der Waals surface area contributed by atoms with Gasteiger partial charge >= 0.3 is 5.97 Å². The molecule has 0 bridgehead atoms. The zero-order chi connectivity index (χ0) is 9.40. The van der Waals surface area contributed by atoms with E-state index in [2.05, 4.69) is 14.7 Å². The van der Waals surface area contributed by atoms with E-state index in [4.69, 9.17) is 5.26 Å². The highest BCUT2D eigenvalue weighted by Gasteiger charge is 2.00. The second-order valence-electron chi connectivity index (χ2n) is 1.87. The first-order chi connectivity index (χ1) is 5.70. The van der Waals surface area contributed by atoms with Crippen molar-refractivity contribution in [2.24, 2.45) is 5.16 Å². The molecule has 0 spiro atoms. The van der Waals surface area contributed by atoms with Crippen molar-refractivity contribution in [2.75, 3.05) is 13.2 Å². The van der Waals surface area contributed by atoms with Crippen LogP contribution in [0.15, 0.2) is 5.16 Å². The van der Waals surface area contributed by atoms with Gasteiger partial charge in [0.05, 0.1) is 6.61 Å². The summed E-state index contributed by atoms with van der Waals surface area (Å²) in [5.41, 5.74) is 0.166. The number of carbonyl (C=O) groups excluding carboxylic acids is 1. The first-order valence-electron chi connectivity index (χ1n) is 3.43. The van der Waals surface area contributed by atoms with Gasteiger partial charge in [0.15, 0.2) is 5.71 Å². The van der Waals surface area contributed by atoms with Gasteiger partial charge in [0, 0.05) is 0 Å². The van der Waals surface area contributed by atoms with E-state index in [9.17, 15) is 4.79 Å². The number of nitriles is 1. The maximum Gasteiger partial charge on any atom is 0.347 e. The van der Waals surface area contributed by atoms with Gasteiger partial charge < -0.3 is 9.57 Å². The molecule has 0 aliphatic heterocycles. The molecule has 0 radical (unpaired) electrons. The Morgan fingerprint density at radius 2 is 2.33 bits per heavy atom. The van der Waals surface area contributed by atoms with E-state index >= 15 is 0 Å². The summed E-state index contributed by atoms with van der Waals surface area (Å²) in [4.78, 5) is 15.1. The Morgan fingerprint density at radius 1 is 1.67 bits per heavy atom. The van der Waals surface area contributed by atoms with Gasteiger partial charge in [-0.3, -0.25) is 0 Å². The number of nitrogens with zero attached hydrogens (tertiary/aromatic N) is 2. The third-order valence-electron chi connectivity index (χ3n) is 0.851. The molecule has 0 unspecified atom stereocenters. The lowest BCUT2D eigenvalue weighted by atomic mass is 10.5. The number of carbonyl (C=O) groups is 1. The highest BCUT2D eigenvalue weighted by molar-refractivity contribution is 5.95. The molecule has 0 fully saturated rings. The van der Waals surface area contributed by atoms with E-state index in [-0.39, 0.29) is 12.3 Å². The van der Waals surface area contributed by atoms with Gasteiger partial charge in [-0.1, -0.05) is 5.16 Å². The third kappa shape index (κ3) is 5.23. The van der Waals surface area contributed by atoms with Crippen LogP contribution in [0.3, 0.4) is 0 Å². The van der Waals surface area contributed by atoms with E-state index in [1.165, 1.54) is 6.92 Å². The Hall–Kier alpha value is -1.57. The summed E-state index contributed by atoms with van der Waals surface area (Å²) in [5.74, 6) is -0.494. The van der Waals surface area contributed by atoms with E-state index in [1.807, 2.05) is 0 Å². The van der Waals surface area contributed by atoms with E-state index < -0.39 is 5.97 Å². The first-order valence-corrected chi connectivity index (χ1v) is 3.43. The van der Waals surface area contributed by atoms with Gasteiger partial charge in [0.25, 0.3) is 0 Å². The molecular weight excluding hydrogens is 160 g/mol. The molecule has 5 nitrogen and oxygen atoms in total. The molecule has 0 saturated carbocycles. The van der Waals surface area contributed by atoms with Gasteiger partial charge in [-0.05, 0) is 13.8 Å². The van der Waals surface area contributed by atoms with Crippen LogP contribution in [0.2, 0.25) is 0 Å². The summed E-state index contributed by atoms with van der Waals surface area (Å²) in [6.45, 7) is 3.23. The number of ether oxygens (including phenoxy) is 1. The van der Waals surface area contributed by atoms with Gasteiger partial charge in [0.1, 0.15) is 6.07 Å². The van der Waals surface area contributed by atoms with Crippen molar-refractivity contribution in [3.63, 3.8) is 0 Å². The lowest BCUT2D eigenvalue weighted by Crippen LogP contribution is -2.10. The Bertz CT molecular complexity index is 217. The van der Waals surface area contributed by atoms with Crippen molar-refractivity contribution >= 4 is 11.7 Å². The van der Waals surface area contributed by atoms with Gasteiger partial charge in [-0.2, -0.15) is 5.26 Å². The molecule has 0 rings (SSSR count). The van der Waals surface area contributed by atoms with Crippen molar-refractivity contribution in [1.29, 1.82) is 5.26 Å². The Morgan fingerprint density at radius 3 is 2.83 bits per heavy atom. The van der Waals surface area contributed by atoms with Crippen molar-refractivity contribution in [3.05, 3.63) is 0 Å². The minimum absolute atomic E-state index is 0.166. The number of hydrogen-bond acceptors (Lipinski definition) is 5. The Kier molecular flexibility index (Phi) is 5.35. The molecule has 0 aromatic carbocycles. The molecule has 0 heterocycles. The molecule has 12 heavy (non-hydrogen) atoms. The van der Waals surface area contributed by atoms with Crippen molar-refractivity contribution in [1.82, 2.24) is 0 Å². The van der Waals surface area contributed by atoms with Gasteiger partial charge in [-0.15, -0.1) is 0 Å². The molecular formula is C7H10N2O3. The zero-order valence-electron chi connectivity index (χ0n) is 7.03. The van der Waals surface area contributed by atoms with Gasteiger partial charge in [-0.25, -0.2) is 4.79 Å². The summed E-state index contributed by atoms with van der Waals surface area (Å²) >= 11 is 0. The summed E-state index contributed by atoms with van der Waals surface area (Å²) in [6.07, 6.45) is 0. The molecule has 5 heteroatoms. The van der Waals surface area contributed by atoms with Crippen LogP contribution in [-0.2, 0) is 14.4 Å². The zero-order valence-corrected chi connectivity index (χ0v) is 7.03. The molecule has 0 aliphatic rings. The first kappa shape index (κ1) is 10.4. The van der Waals surface area contributed by atoms with Crippen LogP contribution >= 0.6 is 0 Å². The normalized spacial score (nSPS) is 10.2. The summed E-state index contributed by atoms with van der Waals surface area (Å²) < 4.78 is 4.54. The standard InChI is InChI=1S/C7H10N2O3/c1-3-11-7(10)5-12-9-6(2)4-8/h3,5H2,1-2H3. The molecule has 0 aromatic rings. The van der Waals surface area contributed by atoms with E-state index in [0.29, 0.717) is 6.61 Å². The van der Waals surface area contributed by atoms with Crippen LogP contribution in [0.1, 0.15) is 13.8 Å². The summed E-state index contributed by atoms with van der Waals surface area (Å²) in [5, 5.41) is 11.5. The quantitative estimate of drug-likeness (QED) is 0.349. The monoisotopic (exact) mass is 170 g/mol. The third-order valence-corrected chi connectivity index (χ3v) is 0.851. The molecule has 0 atom stereocenters. The second-order valence-corrected chi connectivity index (χ2v) is 1.87. The lowest BCUT2D eigenvalue weighted by Gasteiger charge is -1.98. The fraction of sp³-hybridized carbons (Fsp3) is 0.571. The van der Waals surface area contributed by atoms with Crippen LogP contribution in [0, 0.1) is 11.3 Å². The minimum atomic E-state index is -0.494. The molecule has 0 aliphatic carbocycles. The average molecular weight is 170 g/mol. The fourth-order valence-electron chi connectivity index (χ4n) is 0.405. The van der Waals surface area contributed by atoms with Crippen molar-refractivity contribution < 1.29 is 14.4 Å². The topological polar surface area (TPSA) is 71.7 Å². The predicted octanol–water partition coefficient (Wildman–Crippen LogP) is 0.466. The Balaban J connectivity index is 3.57. The second kappa shape index (κ2) is 6.16. The smallest absolute Gasteiger partial charge is 0.347 e. The summed E-state index contributed by atoms with van der Waals surface area (Å²) in [6, 6.07) is 1.74. The Labute approximate surface area is 70.6 Å². The molecule has 0 saturated heterocycles. The lowest BCUT2D eigenvalue weighted by molar-refractivity contribution is -0.148.